The molecule has 0 saturated heterocycles. The van der Waals surface area contributed by atoms with Crippen LogP contribution in [0.2, 0.25) is 36.3 Å². The van der Waals surface area contributed by atoms with Crippen LogP contribution in [0.3, 0.4) is 0 Å². The van der Waals surface area contributed by atoms with E-state index in [9.17, 15) is 8.22 Å². The molecular formula is C15H34F2Si2. The number of halogens is 2. The van der Waals surface area contributed by atoms with Crippen molar-refractivity contribution < 1.29 is 8.22 Å². The minimum absolute atomic E-state index is 0.709. The Hall–Kier alpha value is 0.294. The topological polar surface area (TPSA) is 0 Å². The zero-order chi connectivity index (χ0) is 14.8. The summed E-state index contributed by atoms with van der Waals surface area (Å²) in [6.07, 6.45) is 4.61. The van der Waals surface area contributed by atoms with Crippen molar-refractivity contribution in [1.82, 2.24) is 0 Å². The van der Waals surface area contributed by atoms with Crippen LogP contribution >= 0.6 is 0 Å². The first-order valence-corrected chi connectivity index (χ1v) is 13.3. The highest BCUT2D eigenvalue weighted by Gasteiger charge is 2.35. The van der Waals surface area contributed by atoms with Crippen LogP contribution in [-0.4, -0.2) is 16.8 Å². The Balaban J connectivity index is 4.27. The van der Waals surface area contributed by atoms with Gasteiger partial charge in [-0.1, -0.05) is 59.8 Å². The average molecular weight is 309 g/mol. The highest BCUT2D eigenvalue weighted by atomic mass is 28.4. The molecule has 116 valence electrons. The van der Waals surface area contributed by atoms with E-state index in [1.165, 1.54) is 0 Å². The van der Waals surface area contributed by atoms with Crippen LogP contribution in [0, 0.1) is 0 Å². The monoisotopic (exact) mass is 308 g/mol. The SMILES string of the molecule is CCC[Si](F)(CCC)CCC[Si](F)(CCC)CCC. The van der Waals surface area contributed by atoms with Crippen molar-refractivity contribution >= 4 is 16.8 Å². The van der Waals surface area contributed by atoms with Gasteiger partial charge in [-0.2, -0.15) is 0 Å². The van der Waals surface area contributed by atoms with Crippen LogP contribution in [0.4, 0.5) is 8.22 Å². The summed E-state index contributed by atoms with van der Waals surface area (Å²) in [6, 6.07) is 4.54. The summed E-state index contributed by atoms with van der Waals surface area (Å²) in [7, 11) is -5.08. The van der Waals surface area contributed by atoms with E-state index in [1.807, 2.05) is 0 Å². The minimum Gasteiger partial charge on any atom is -0.314 e. The summed E-state index contributed by atoms with van der Waals surface area (Å²) < 4.78 is 29.5. The lowest BCUT2D eigenvalue weighted by molar-refractivity contribution is 0.684. The Labute approximate surface area is 121 Å². The summed E-state index contributed by atoms with van der Waals surface area (Å²) in [5, 5.41) is 0. The van der Waals surface area contributed by atoms with Crippen LogP contribution in [0.5, 0.6) is 0 Å². The molecule has 0 aliphatic rings. The van der Waals surface area contributed by atoms with Crippen molar-refractivity contribution in [3.05, 3.63) is 0 Å². The Morgan fingerprint density at radius 2 is 0.789 bits per heavy atom. The van der Waals surface area contributed by atoms with E-state index in [2.05, 4.69) is 27.7 Å². The molecule has 0 rings (SSSR count). The zero-order valence-electron chi connectivity index (χ0n) is 13.5. The third-order valence-electron chi connectivity index (χ3n) is 4.04. The first kappa shape index (κ1) is 19.3. The van der Waals surface area contributed by atoms with Gasteiger partial charge in [0.25, 0.3) is 0 Å². The van der Waals surface area contributed by atoms with Gasteiger partial charge in [0.05, 0.1) is 0 Å². The molecule has 4 heteroatoms. The Bertz CT molecular complexity index is 188. The molecule has 0 aromatic carbocycles. The number of hydrogen-bond acceptors (Lipinski definition) is 0. The lowest BCUT2D eigenvalue weighted by Gasteiger charge is -2.25. The first-order chi connectivity index (χ1) is 8.95. The van der Waals surface area contributed by atoms with Gasteiger partial charge in [0.1, 0.15) is 0 Å². The van der Waals surface area contributed by atoms with Gasteiger partial charge in [0.2, 0.25) is 16.8 Å². The molecule has 0 N–H and O–H groups in total. The van der Waals surface area contributed by atoms with Crippen LogP contribution < -0.4 is 0 Å². The number of rotatable bonds is 12. The third kappa shape index (κ3) is 8.23. The highest BCUT2D eigenvalue weighted by Crippen LogP contribution is 2.33. The Kier molecular flexibility index (Phi) is 10.2. The van der Waals surface area contributed by atoms with E-state index in [-0.39, 0.29) is 0 Å². The fourth-order valence-electron chi connectivity index (χ4n) is 3.26. The van der Waals surface area contributed by atoms with Gasteiger partial charge >= 0.3 is 0 Å². The lowest BCUT2D eigenvalue weighted by Crippen LogP contribution is -2.31. The van der Waals surface area contributed by atoms with Gasteiger partial charge in [-0.3, -0.25) is 0 Å². The summed E-state index contributed by atoms with van der Waals surface area (Å²) >= 11 is 0. The number of hydrogen-bond donors (Lipinski definition) is 0. The van der Waals surface area contributed by atoms with E-state index < -0.39 is 16.8 Å². The van der Waals surface area contributed by atoms with E-state index in [1.54, 1.807) is 0 Å². The average Bonchev–Trinajstić information content (AvgIpc) is 2.29. The maximum atomic E-state index is 14.8. The summed E-state index contributed by atoms with van der Waals surface area (Å²) in [4.78, 5) is 0. The summed E-state index contributed by atoms with van der Waals surface area (Å²) in [6.45, 7) is 8.28. The Morgan fingerprint density at radius 3 is 1.00 bits per heavy atom. The molecule has 0 amide bonds. The fourth-order valence-corrected chi connectivity index (χ4v) is 10.3. The second kappa shape index (κ2) is 10.1. The lowest BCUT2D eigenvalue weighted by atomic mass is 10.5. The van der Waals surface area contributed by atoms with Crippen LogP contribution in [0.25, 0.3) is 0 Å². The standard InChI is InChI=1S/C15H34F2Si2/c1-5-10-18(16,11-6-2)14-9-15-19(17,12-7-3)13-8-4/h5-15H2,1-4H3. The molecule has 0 aromatic heterocycles. The van der Waals surface area contributed by atoms with Gasteiger partial charge in [-0.05, 0) is 36.3 Å². The van der Waals surface area contributed by atoms with Gasteiger partial charge in [-0.15, -0.1) is 0 Å². The quantitative estimate of drug-likeness (QED) is 0.273. The first-order valence-electron chi connectivity index (χ1n) is 8.33. The second-order valence-corrected chi connectivity index (χ2v) is 13.8. The third-order valence-corrected chi connectivity index (χ3v) is 12.1. The molecule has 0 fully saturated rings. The minimum atomic E-state index is -2.54. The van der Waals surface area contributed by atoms with E-state index >= 15 is 0 Å². The van der Waals surface area contributed by atoms with Crippen molar-refractivity contribution in [2.24, 2.45) is 0 Å². The predicted octanol–water partition coefficient (Wildman–Crippen LogP) is 6.85. The fraction of sp³-hybridized carbons (Fsp3) is 1.00. The van der Waals surface area contributed by atoms with Crippen molar-refractivity contribution in [3.8, 4) is 0 Å². The van der Waals surface area contributed by atoms with Crippen molar-refractivity contribution in [1.29, 1.82) is 0 Å². The molecule has 0 aliphatic heterocycles. The molecule has 0 saturated carbocycles. The van der Waals surface area contributed by atoms with Crippen LogP contribution in [-0.2, 0) is 0 Å². The smallest absolute Gasteiger partial charge is 0.247 e. The molecule has 0 atom stereocenters. The normalized spacial score (nSPS) is 12.9. The van der Waals surface area contributed by atoms with Gasteiger partial charge in [0, 0.05) is 0 Å². The van der Waals surface area contributed by atoms with Gasteiger partial charge < -0.3 is 8.22 Å². The summed E-state index contributed by atoms with van der Waals surface area (Å²) in [5.41, 5.74) is 0. The maximum Gasteiger partial charge on any atom is 0.247 e. The molecule has 0 aromatic rings. The Morgan fingerprint density at radius 1 is 0.526 bits per heavy atom. The molecule has 0 bridgehead atoms. The molecule has 0 nitrogen and oxygen atoms in total. The molecule has 0 heterocycles. The molecule has 0 spiro atoms. The van der Waals surface area contributed by atoms with E-state index in [0.29, 0.717) is 12.1 Å². The molecule has 0 aliphatic carbocycles. The van der Waals surface area contributed by atoms with Crippen LogP contribution in [0.15, 0.2) is 0 Å². The summed E-state index contributed by atoms with van der Waals surface area (Å²) in [5.74, 6) is 0. The second-order valence-electron chi connectivity index (χ2n) is 6.16. The zero-order valence-corrected chi connectivity index (χ0v) is 15.5. The maximum absolute atomic E-state index is 14.8. The molecule has 19 heavy (non-hydrogen) atoms. The molecular weight excluding hydrogens is 274 g/mol. The molecule has 0 radical (unpaired) electrons. The van der Waals surface area contributed by atoms with Crippen molar-refractivity contribution in [2.75, 3.05) is 0 Å². The van der Waals surface area contributed by atoms with E-state index in [4.69, 9.17) is 0 Å². The van der Waals surface area contributed by atoms with E-state index in [0.717, 1.165) is 56.3 Å². The highest BCUT2D eigenvalue weighted by molar-refractivity contribution is 6.74. The van der Waals surface area contributed by atoms with Crippen molar-refractivity contribution in [2.45, 2.75) is 96.1 Å². The van der Waals surface area contributed by atoms with Crippen LogP contribution in [0.1, 0.15) is 59.8 Å². The molecule has 0 unspecified atom stereocenters. The largest absolute Gasteiger partial charge is 0.314 e. The van der Waals surface area contributed by atoms with Crippen molar-refractivity contribution in [3.63, 3.8) is 0 Å². The van der Waals surface area contributed by atoms with Gasteiger partial charge in [0.15, 0.2) is 0 Å². The van der Waals surface area contributed by atoms with Gasteiger partial charge in [-0.25, -0.2) is 0 Å². The predicted molar refractivity (Wildman–Crippen MR) is 88.3 cm³/mol.